The van der Waals surface area contributed by atoms with Gasteiger partial charge in [-0.15, -0.1) is 5.10 Å². The van der Waals surface area contributed by atoms with Crippen LogP contribution in [-0.4, -0.2) is 27.6 Å². The quantitative estimate of drug-likeness (QED) is 0.555. The van der Waals surface area contributed by atoms with Gasteiger partial charge in [-0.3, -0.25) is 4.90 Å². The first-order valence-electron chi connectivity index (χ1n) is 4.87. The van der Waals surface area contributed by atoms with Crippen molar-refractivity contribution in [3.05, 3.63) is 5.69 Å². The summed E-state index contributed by atoms with van der Waals surface area (Å²) >= 11 is 1.32. The molecule has 2 atom stereocenters. The molecule has 6 heteroatoms. The molecule has 0 aromatic carbocycles. The Labute approximate surface area is 86.4 Å². The molecule has 3 rings (SSSR count). The van der Waals surface area contributed by atoms with Gasteiger partial charge in [0, 0.05) is 31.2 Å². The molecule has 0 bridgehead atoms. The zero-order valence-electron chi connectivity index (χ0n) is 7.81. The van der Waals surface area contributed by atoms with E-state index in [0.717, 1.165) is 29.1 Å². The Hall–Kier alpha value is -0.720. The molecule has 2 unspecified atom stereocenters. The van der Waals surface area contributed by atoms with Gasteiger partial charge in [-0.25, -0.2) is 5.84 Å². The van der Waals surface area contributed by atoms with Crippen molar-refractivity contribution in [3.63, 3.8) is 0 Å². The van der Waals surface area contributed by atoms with E-state index in [0.29, 0.717) is 0 Å². The number of likely N-dealkylation sites (tertiary alicyclic amines) is 1. The third-order valence-corrected chi connectivity index (χ3v) is 3.81. The first-order valence-corrected chi connectivity index (χ1v) is 5.64. The van der Waals surface area contributed by atoms with E-state index in [1.165, 1.54) is 31.0 Å². The van der Waals surface area contributed by atoms with Gasteiger partial charge in [-0.1, -0.05) is 4.49 Å². The fourth-order valence-corrected chi connectivity index (χ4v) is 2.74. The highest BCUT2D eigenvalue weighted by molar-refractivity contribution is 7.10. The maximum absolute atomic E-state index is 5.37. The number of hydrogen-bond acceptors (Lipinski definition) is 6. The van der Waals surface area contributed by atoms with Crippen LogP contribution >= 0.6 is 11.5 Å². The lowest BCUT2D eigenvalue weighted by Crippen LogP contribution is -2.23. The van der Waals surface area contributed by atoms with Crippen molar-refractivity contribution >= 4 is 16.5 Å². The van der Waals surface area contributed by atoms with E-state index in [9.17, 15) is 0 Å². The zero-order valence-corrected chi connectivity index (χ0v) is 8.63. The van der Waals surface area contributed by atoms with Crippen molar-refractivity contribution in [1.29, 1.82) is 0 Å². The Morgan fingerprint density at radius 1 is 1.50 bits per heavy atom. The van der Waals surface area contributed by atoms with E-state index in [2.05, 4.69) is 19.9 Å². The Balaban J connectivity index is 1.66. The second kappa shape index (κ2) is 3.15. The number of nitrogens with one attached hydrogen (secondary N) is 1. The Kier molecular flexibility index (Phi) is 1.93. The van der Waals surface area contributed by atoms with Crippen molar-refractivity contribution < 1.29 is 0 Å². The first-order chi connectivity index (χ1) is 6.86. The van der Waals surface area contributed by atoms with Crippen LogP contribution in [0.1, 0.15) is 12.1 Å². The highest BCUT2D eigenvalue weighted by Gasteiger charge is 2.44. The standard InChI is InChI=1S/C8H13N5S/c9-10-8-7(11-12-14-8)4-13-2-5-1-6(5)3-13/h5-6,10H,1-4,9H2. The number of piperidine rings is 1. The van der Waals surface area contributed by atoms with E-state index in [-0.39, 0.29) is 0 Å². The Bertz CT molecular complexity index is 328. The molecule has 1 saturated heterocycles. The number of hydrazine groups is 1. The minimum absolute atomic E-state index is 0.892. The lowest BCUT2D eigenvalue weighted by atomic mass is 10.4. The van der Waals surface area contributed by atoms with E-state index in [1.807, 2.05) is 0 Å². The predicted molar refractivity (Wildman–Crippen MR) is 54.6 cm³/mol. The molecular weight excluding hydrogens is 198 g/mol. The van der Waals surface area contributed by atoms with Gasteiger partial charge in [-0.2, -0.15) is 0 Å². The molecule has 14 heavy (non-hydrogen) atoms. The van der Waals surface area contributed by atoms with Crippen LogP contribution in [0.3, 0.4) is 0 Å². The van der Waals surface area contributed by atoms with E-state index in [4.69, 9.17) is 5.84 Å². The molecule has 2 aliphatic rings. The van der Waals surface area contributed by atoms with Gasteiger partial charge in [0.25, 0.3) is 0 Å². The summed E-state index contributed by atoms with van der Waals surface area (Å²) in [6.07, 6.45) is 1.44. The third kappa shape index (κ3) is 1.39. The molecule has 0 radical (unpaired) electrons. The monoisotopic (exact) mass is 211 g/mol. The maximum Gasteiger partial charge on any atom is 0.148 e. The van der Waals surface area contributed by atoms with Crippen molar-refractivity contribution in [2.24, 2.45) is 17.7 Å². The van der Waals surface area contributed by atoms with E-state index >= 15 is 0 Å². The highest BCUT2D eigenvalue weighted by atomic mass is 32.1. The summed E-state index contributed by atoms with van der Waals surface area (Å²) in [4.78, 5) is 2.44. The minimum atomic E-state index is 0.892. The molecule has 1 aliphatic heterocycles. The molecule has 3 N–H and O–H groups in total. The number of nitrogens with zero attached hydrogens (tertiary/aromatic N) is 3. The normalized spacial score (nSPS) is 30.4. The topological polar surface area (TPSA) is 67.1 Å². The second-order valence-electron chi connectivity index (χ2n) is 4.14. The molecule has 76 valence electrons. The maximum atomic E-state index is 5.37. The number of fused-ring (bicyclic) bond motifs is 1. The largest absolute Gasteiger partial charge is 0.313 e. The molecule has 1 aromatic rings. The summed E-state index contributed by atoms with van der Waals surface area (Å²) in [6.45, 7) is 3.35. The average molecular weight is 211 g/mol. The summed E-state index contributed by atoms with van der Waals surface area (Å²) < 4.78 is 3.89. The second-order valence-corrected chi connectivity index (χ2v) is 4.90. The molecular formula is C8H13N5S. The van der Waals surface area contributed by atoms with Crippen LogP contribution in [0.15, 0.2) is 0 Å². The summed E-state index contributed by atoms with van der Waals surface area (Å²) in [5, 5.41) is 4.97. The van der Waals surface area contributed by atoms with Crippen LogP contribution in [0, 0.1) is 11.8 Å². The molecule has 2 fully saturated rings. The van der Waals surface area contributed by atoms with Gasteiger partial charge in [0.15, 0.2) is 0 Å². The lowest BCUT2D eigenvalue weighted by molar-refractivity contribution is 0.294. The number of anilines is 1. The number of rotatable bonds is 3. The van der Waals surface area contributed by atoms with Crippen molar-refractivity contribution in [3.8, 4) is 0 Å². The van der Waals surface area contributed by atoms with Gasteiger partial charge in [-0.05, 0) is 18.3 Å². The van der Waals surface area contributed by atoms with E-state index in [1.54, 1.807) is 0 Å². The van der Waals surface area contributed by atoms with Gasteiger partial charge in [0.1, 0.15) is 10.7 Å². The summed E-state index contributed by atoms with van der Waals surface area (Å²) in [5.74, 6) is 7.30. The summed E-state index contributed by atoms with van der Waals surface area (Å²) in [6, 6.07) is 0. The fraction of sp³-hybridized carbons (Fsp3) is 0.750. The lowest BCUT2D eigenvalue weighted by Gasteiger charge is -2.15. The van der Waals surface area contributed by atoms with Crippen LogP contribution in [-0.2, 0) is 6.54 Å². The molecule has 2 heterocycles. The predicted octanol–water partition coefficient (Wildman–Crippen LogP) is 0.275. The van der Waals surface area contributed by atoms with Crippen molar-refractivity contribution in [2.75, 3.05) is 18.5 Å². The van der Waals surface area contributed by atoms with Gasteiger partial charge < -0.3 is 5.43 Å². The molecule has 1 aromatic heterocycles. The fourth-order valence-electron chi connectivity index (χ4n) is 2.26. The number of nitrogens with two attached hydrogens (primary N) is 1. The van der Waals surface area contributed by atoms with Gasteiger partial charge in [0.05, 0.1) is 0 Å². The van der Waals surface area contributed by atoms with Crippen LogP contribution in [0.25, 0.3) is 0 Å². The van der Waals surface area contributed by atoms with Crippen LogP contribution in [0.4, 0.5) is 5.00 Å². The van der Waals surface area contributed by atoms with Gasteiger partial charge >= 0.3 is 0 Å². The molecule has 0 spiro atoms. The van der Waals surface area contributed by atoms with Crippen LogP contribution in [0.2, 0.25) is 0 Å². The number of hydrogen-bond donors (Lipinski definition) is 2. The van der Waals surface area contributed by atoms with Gasteiger partial charge in [0.2, 0.25) is 0 Å². The number of aromatic nitrogens is 2. The highest BCUT2D eigenvalue weighted by Crippen LogP contribution is 2.45. The summed E-state index contributed by atoms with van der Waals surface area (Å²) in [5.41, 5.74) is 3.62. The molecule has 5 nitrogen and oxygen atoms in total. The Morgan fingerprint density at radius 3 is 3.00 bits per heavy atom. The van der Waals surface area contributed by atoms with E-state index < -0.39 is 0 Å². The smallest absolute Gasteiger partial charge is 0.148 e. The van der Waals surface area contributed by atoms with Crippen molar-refractivity contribution in [1.82, 2.24) is 14.5 Å². The first kappa shape index (κ1) is 8.58. The zero-order chi connectivity index (χ0) is 9.54. The van der Waals surface area contributed by atoms with Crippen LogP contribution < -0.4 is 11.3 Å². The number of nitrogen functional groups attached to an aromatic ring is 1. The molecule has 1 saturated carbocycles. The van der Waals surface area contributed by atoms with Crippen molar-refractivity contribution in [2.45, 2.75) is 13.0 Å². The Morgan fingerprint density at radius 2 is 2.29 bits per heavy atom. The third-order valence-electron chi connectivity index (χ3n) is 3.11. The van der Waals surface area contributed by atoms with Crippen LogP contribution in [0.5, 0.6) is 0 Å². The summed E-state index contributed by atoms with van der Waals surface area (Å²) in [7, 11) is 0. The average Bonchev–Trinajstić information content (AvgIpc) is 2.66. The molecule has 0 amide bonds. The molecule has 1 aliphatic carbocycles. The minimum Gasteiger partial charge on any atom is -0.313 e. The SMILES string of the molecule is NNc1snnc1CN1CC2CC2C1.